The van der Waals surface area contributed by atoms with Crippen molar-refractivity contribution in [3.8, 4) is 0 Å². The minimum Gasteiger partial charge on any atom is -0.370 e. The van der Waals surface area contributed by atoms with Crippen molar-refractivity contribution >= 4 is 23.0 Å². The number of para-hydroxylation sites is 1. The molecular formula is C15H20N4S. The van der Waals surface area contributed by atoms with Crippen LogP contribution in [0, 0.1) is 0 Å². The number of benzene rings is 1. The molecule has 20 heavy (non-hydrogen) atoms. The molecule has 3 N–H and O–H groups in total. The minimum absolute atomic E-state index is 0.256. The summed E-state index contributed by atoms with van der Waals surface area (Å²) in [7, 11) is 4.11. The van der Waals surface area contributed by atoms with Crippen LogP contribution in [0.4, 0.5) is 5.69 Å². The van der Waals surface area contributed by atoms with Crippen LogP contribution in [0.1, 0.15) is 10.9 Å². The van der Waals surface area contributed by atoms with E-state index in [9.17, 15) is 0 Å². The maximum Gasteiger partial charge on any atom is 0.193 e. The van der Waals surface area contributed by atoms with E-state index >= 15 is 0 Å². The number of hydrogen-bond acceptors (Lipinski definition) is 3. The Bertz CT molecular complexity index is 534. The van der Waals surface area contributed by atoms with Crippen molar-refractivity contribution in [3.63, 3.8) is 0 Å². The summed E-state index contributed by atoms with van der Waals surface area (Å²) in [5, 5.41) is 5.18. The average molecular weight is 288 g/mol. The van der Waals surface area contributed by atoms with Crippen molar-refractivity contribution in [3.05, 3.63) is 52.7 Å². The first kappa shape index (κ1) is 14.6. The monoisotopic (exact) mass is 288 g/mol. The van der Waals surface area contributed by atoms with Crippen LogP contribution < -0.4 is 11.1 Å². The zero-order valence-corrected chi connectivity index (χ0v) is 12.6. The standard InChI is InChI=1S/C15H20N4S/c1-19(2)13(14-9-6-10-20-14)11-17-15(16)18-12-7-4-3-5-8-12/h3-10,13H,11H2,1-2H3,(H3,16,17,18)/t13-/m0/s1. The average Bonchev–Trinajstić information content (AvgIpc) is 2.93. The fraction of sp³-hybridized carbons (Fsp3) is 0.267. The fourth-order valence-electron chi connectivity index (χ4n) is 1.88. The molecule has 2 aromatic rings. The van der Waals surface area contributed by atoms with E-state index in [4.69, 9.17) is 5.73 Å². The predicted octanol–water partition coefficient (Wildman–Crippen LogP) is 2.78. The number of nitrogens with two attached hydrogens (primary N) is 1. The molecule has 0 aliphatic heterocycles. The molecule has 1 atom stereocenters. The van der Waals surface area contributed by atoms with Crippen molar-refractivity contribution in [2.24, 2.45) is 10.7 Å². The molecule has 1 aromatic carbocycles. The van der Waals surface area contributed by atoms with Crippen molar-refractivity contribution in [2.75, 3.05) is 26.0 Å². The first-order valence-electron chi connectivity index (χ1n) is 6.48. The number of nitrogens with zero attached hydrogens (tertiary/aromatic N) is 2. The van der Waals surface area contributed by atoms with Crippen LogP contribution in [-0.4, -0.2) is 31.5 Å². The zero-order valence-electron chi connectivity index (χ0n) is 11.8. The highest BCUT2D eigenvalue weighted by Gasteiger charge is 2.14. The Morgan fingerprint density at radius 3 is 2.60 bits per heavy atom. The Balaban J connectivity index is 1.99. The molecule has 0 saturated heterocycles. The number of thiophene rings is 1. The molecule has 0 radical (unpaired) electrons. The second-order valence-electron chi connectivity index (χ2n) is 4.71. The number of rotatable bonds is 5. The third-order valence-corrected chi connectivity index (χ3v) is 3.95. The van der Waals surface area contributed by atoms with E-state index in [1.54, 1.807) is 11.3 Å². The van der Waals surface area contributed by atoms with Crippen LogP contribution in [0.15, 0.2) is 52.8 Å². The molecule has 106 valence electrons. The van der Waals surface area contributed by atoms with Gasteiger partial charge in [-0.05, 0) is 37.7 Å². The van der Waals surface area contributed by atoms with Gasteiger partial charge in [-0.2, -0.15) is 0 Å². The lowest BCUT2D eigenvalue weighted by atomic mass is 10.2. The maximum atomic E-state index is 5.93. The van der Waals surface area contributed by atoms with Gasteiger partial charge in [0, 0.05) is 10.6 Å². The number of likely N-dealkylation sites (N-methyl/N-ethyl adjacent to an activating group) is 1. The Hall–Kier alpha value is -1.85. The molecule has 0 aliphatic carbocycles. The highest BCUT2D eigenvalue weighted by Crippen LogP contribution is 2.23. The van der Waals surface area contributed by atoms with Crippen LogP contribution in [0.25, 0.3) is 0 Å². The summed E-state index contributed by atoms with van der Waals surface area (Å²) < 4.78 is 0. The van der Waals surface area contributed by atoms with Crippen molar-refractivity contribution in [2.45, 2.75) is 6.04 Å². The predicted molar refractivity (Wildman–Crippen MR) is 87.3 cm³/mol. The Morgan fingerprint density at radius 1 is 1.25 bits per heavy atom. The molecule has 1 aromatic heterocycles. The molecule has 0 unspecified atom stereocenters. The molecule has 0 aliphatic rings. The van der Waals surface area contributed by atoms with Gasteiger partial charge in [0.25, 0.3) is 0 Å². The normalized spacial score (nSPS) is 13.4. The molecular weight excluding hydrogens is 268 g/mol. The minimum atomic E-state index is 0.256. The summed E-state index contributed by atoms with van der Waals surface area (Å²) in [6.07, 6.45) is 0. The summed E-state index contributed by atoms with van der Waals surface area (Å²) >= 11 is 1.74. The molecule has 2 rings (SSSR count). The molecule has 1 heterocycles. The molecule has 5 heteroatoms. The smallest absolute Gasteiger partial charge is 0.193 e. The van der Waals surface area contributed by atoms with E-state index in [0.717, 1.165) is 5.69 Å². The lowest BCUT2D eigenvalue weighted by molar-refractivity contribution is 0.311. The first-order chi connectivity index (χ1) is 9.66. The lowest BCUT2D eigenvalue weighted by Crippen LogP contribution is -2.26. The molecule has 0 amide bonds. The highest BCUT2D eigenvalue weighted by atomic mass is 32.1. The molecule has 0 saturated carbocycles. The maximum absolute atomic E-state index is 5.93. The van der Waals surface area contributed by atoms with E-state index in [2.05, 4.69) is 46.8 Å². The van der Waals surface area contributed by atoms with Crippen LogP contribution in [-0.2, 0) is 0 Å². The second kappa shape index (κ2) is 7.07. The number of hydrogen-bond donors (Lipinski definition) is 2. The van der Waals surface area contributed by atoms with Gasteiger partial charge in [-0.15, -0.1) is 11.3 Å². The van der Waals surface area contributed by atoms with Gasteiger partial charge in [0.15, 0.2) is 5.96 Å². The third-order valence-electron chi connectivity index (χ3n) is 2.98. The van der Waals surface area contributed by atoms with Crippen LogP contribution >= 0.6 is 11.3 Å². The summed E-state index contributed by atoms with van der Waals surface area (Å²) in [4.78, 5) is 7.90. The number of guanidine groups is 1. The van der Waals surface area contributed by atoms with E-state index in [1.807, 2.05) is 30.3 Å². The van der Waals surface area contributed by atoms with Gasteiger partial charge in [0.05, 0.1) is 12.6 Å². The Labute approximate surface area is 123 Å². The molecule has 0 fully saturated rings. The van der Waals surface area contributed by atoms with Gasteiger partial charge in [0.1, 0.15) is 0 Å². The van der Waals surface area contributed by atoms with Gasteiger partial charge in [-0.25, -0.2) is 0 Å². The van der Waals surface area contributed by atoms with E-state index in [0.29, 0.717) is 12.5 Å². The summed E-state index contributed by atoms with van der Waals surface area (Å²) in [5.41, 5.74) is 6.88. The Morgan fingerprint density at radius 2 is 2.00 bits per heavy atom. The largest absolute Gasteiger partial charge is 0.370 e. The number of nitrogens with one attached hydrogen (secondary N) is 1. The van der Waals surface area contributed by atoms with E-state index < -0.39 is 0 Å². The molecule has 0 spiro atoms. The van der Waals surface area contributed by atoms with Crippen molar-refractivity contribution in [1.82, 2.24) is 4.90 Å². The summed E-state index contributed by atoms with van der Waals surface area (Å²) in [6.45, 7) is 0.638. The topological polar surface area (TPSA) is 53.6 Å². The van der Waals surface area contributed by atoms with Crippen molar-refractivity contribution in [1.29, 1.82) is 0 Å². The number of anilines is 1. The van der Waals surface area contributed by atoms with Gasteiger partial charge < -0.3 is 16.0 Å². The Kier molecular flexibility index (Phi) is 5.15. The number of aliphatic imine (C=N–C) groups is 1. The third kappa shape index (κ3) is 4.08. The summed E-state index contributed by atoms with van der Waals surface area (Å²) in [6, 6.07) is 14.3. The van der Waals surface area contributed by atoms with Gasteiger partial charge >= 0.3 is 0 Å². The lowest BCUT2D eigenvalue weighted by Gasteiger charge is -2.21. The quantitative estimate of drug-likeness (QED) is 0.657. The molecule has 4 nitrogen and oxygen atoms in total. The first-order valence-corrected chi connectivity index (χ1v) is 7.36. The van der Waals surface area contributed by atoms with E-state index in [-0.39, 0.29) is 6.04 Å². The van der Waals surface area contributed by atoms with Crippen LogP contribution in [0.2, 0.25) is 0 Å². The van der Waals surface area contributed by atoms with Crippen LogP contribution in [0.3, 0.4) is 0 Å². The van der Waals surface area contributed by atoms with Crippen molar-refractivity contribution < 1.29 is 0 Å². The zero-order chi connectivity index (χ0) is 14.4. The molecule has 0 bridgehead atoms. The van der Waals surface area contributed by atoms with Gasteiger partial charge in [-0.1, -0.05) is 24.3 Å². The second-order valence-corrected chi connectivity index (χ2v) is 5.69. The van der Waals surface area contributed by atoms with Gasteiger partial charge in [0.2, 0.25) is 0 Å². The SMILES string of the molecule is CN(C)[C@@H](CN=C(N)Nc1ccccc1)c1cccs1. The van der Waals surface area contributed by atoms with Crippen LogP contribution in [0.5, 0.6) is 0 Å². The van der Waals surface area contributed by atoms with Gasteiger partial charge in [-0.3, -0.25) is 4.99 Å². The summed E-state index contributed by atoms with van der Waals surface area (Å²) in [5.74, 6) is 0.444. The fourth-order valence-corrected chi connectivity index (χ4v) is 2.80. The van der Waals surface area contributed by atoms with E-state index in [1.165, 1.54) is 4.88 Å². The highest BCUT2D eigenvalue weighted by molar-refractivity contribution is 7.10.